The fourth-order valence-electron chi connectivity index (χ4n) is 1.84. The summed E-state index contributed by atoms with van der Waals surface area (Å²) >= 11 is 11.8. The maximum absolute atomic E-state index is 11.3. The summed E-state index contributed by atoms with van der Waals surface area (Å²) in [6.45, 7) is 1.78. The molecule has 0 spiro atoms. The van der Waals surface area contributed by atoms with E-state index in [1.807, 2.05) is 24.3 Å². The van der Waals surface area contributed by atoms with Gasteiger partial charge in [0.1, 0.15) is 5.71 Å². The topological polar surface area (TPSA) is 47.9 Å². The quantitative estimate of drug-likeness (QED) is 0.442. The van der Waals surface area contributed by atoms with Gasteiger partial charge in [-0.15, -0.1) is 0 Å². The second-order valence-corrected chi connectivity index (χ2v) is 5.41. The van der Waals surface area contributed by atoms with Crippen molar-refractivity contribution in [3.05, 3.63) is 69.7 Å². The zero-order chi connectivity index (χ0) is 16.7. The largest absolute Gasteiger partial charge is 0.463 e. The Kier molecular flexibility index (Phi) is 6.44. The summed E-state index contributed by atoms with van der Waals surface area (Å²) in [5.41, 5.74) is 2.18. The van der Waals surface area contributed by atoms with Gasteiger partial charge >= 0.3 is 5.97 Å². The number of carbonyl (C=O) groups is 1. The zero-order valence-corrected chi connectivity index (χ0v) is 14.0. The minimum absolute atomic E-state index is 0.251. The monoisotopic (exact) mass is 351 g/mol. The first-order chi connectivity index (χ1) is 11.1. The Hall–Kier alpha value is -2.04. The molecule has 6 heteroatoms. The van der Waals surface area contributed by atoms with Crippen molar-refractivity contribution < 1.29 is 14.4 Å². The molecule has 0 saturated heterocycles. The highest BCUT2D eigenvalue weighted by Crippen LogP contribution is 2.17. The van der Waals surface area contributed by atoms with E-state index in [2.05, 4.69) is 5.16 Å². The molecule has 4 nitrogen and oxygen atoms in total. The van der Waals surface area contributed by atoms with Gasteiger partial charge in [-0.05, 0) is 31.2 Å². The highest BCUT2D eigenvalue weighted by atomic mass is 35.5. The lowest BCUT2D eigenvalue weighted by atomic mass is 10.0. The molecule has 120 valence electrons. The van der Waals surface area contributed by atoms with E-state index in [1.165, 1.54) is 0 Å². The van der Waals surface area contributed by atoms with Crippen molar-refractivity contribution in [1.29, 1.82) is 0 Å². The summed E-state index contributed by atoms with van der Waals surface area (Å²) in [6, 6.07) is 14.3. The van der Waals surface area contributed by atoms with Crippen LogP contribution in [-0.4, -0.2) is 24.9 Å². The molecule has 23 heavy (non-hydrogen) atoms. The Bertz CT molecular complexity index is 634. The average Bonchev–Trinajstić information content (AvgIpc) is 2.54. The molecule has 0 bridgehead atoms. The minimum Gasteiger partial charge on any atom is -0.463 e. The number of hydrogen-bond donors (Lipinski definition) is 0. The number of ether oxygens (including phenoxy) is 1. The number of oxime groups is 1. The molecule has 0 fully saturated rings. The lowest BCUT2D eigenvalue weighted by molar-refractivity contribution is -0.148. The summed E-state index contributed by atoms with van der Waals surface area (Å²) in [5, 5.41) is 5.32. The number of rotatable bonds is 6. The third-order valence-electron chi connectivity index (χ3n) is 2.88. The van der Waals surface area contributed by atoms with Crippen LogP contribution in [0.2, 0.25) is 10.0 Å². The Morgan fingerprint density at radius 1 is 0.957 bits per heavy atom. The molecule has 0 aliphatic carbocycles. The Morgan fingerprint density at radius 2 is 1.43 bits per heavy atom. The first-order valence-electron chi connectivity index (χ1n) is 6.97. The molecule has 2 aromatic rings. The number of benzene rings is 2. The van der Waals surface area contributed by atoms with Gasteiger partial charge < -0.3 is 9.57 Å². The van der Waals surface area contributed by atoms with Gasteiger partial charge in [-0.3, -0.25) is 0 Å². The minimum atomic E-state index is -0.470. The Balaban J connectivity index is 2.25. The summed E-state index contributed by atoms with van der Waals surface area (Å²) in [6.07, 6.45) is 0. The second-order valence-electron chi connectivity index (χ2n) is 4.53. The number of esters is 1. The van der Waals surface area contributed by atoms with Gasteiger partial charge in [-0.2, -0.15) is 0 Å². The summed E-state index contributed by atoms with van der Waals surface area (Å²) < 4.78 is 4.80. The SMILES string of the molecule is CCOC(=O)CON=C(c1ccc(Cl)cc1)c1ccc(Cl)cc1. The molecule has 0 aromatic heterocycles. The maximum atomic E-state index is 11.3. The van der Waals surface area contributed by atoms with Crippen LogP contribution in [-0.2, 0) is 14.4 Å². The predicted molar refractivity (Wildman–Crippen MR) is 91.1 cm³/mol. The fourth-order valence-corrected chi connectivity index (χ4v) is 2.09. The molecule has 0 unspecified atom stereocenters. The highest BCUT2D eigenvalue weighted by Gasteiger charge is 2.09. The molecule has 0 heterocycles. The van der Waals surface area contributed by atoms with Crippen molar-refractivity contribution >= 4 is 34.9 Å². The normalized spacial score (nSPS) is 10.0. The average molecular weight is 352 g/mol. The van der Waals surface area contributed by atoms with Crippen LogP contribution in [0.5, 0.6) is 0 Å². The second kappa shape index (κ2) is 8.56. The van der Waals surface area contributed by atoms with Crippen LogP contribution in [0.1, 0.15) is 18.1 Å². The molecule has 0 aliphatic rings. The molecule has 0 saturated carbocycles. The number of nitrogens with zero attached hydrogens (tertiary/aromatic N) is 1. The van der Waals surface area contributed by atoms with Crippen molar-refractivity contribution in [3.8, 4) is 0 Å². The van der Waals surface area contributed by atoms with Gasteiger partial charge in [-0.1, -0.05) is 52.6 Å². The summed E-state index contributed by atoms with van der Waals surface area (Å²) in [4.78, 5) is 16.5. The number of halogens is 2. The van der Waals surface area contributed by atoms with Gasteiger partial charge in [0, 0.05) is 21.2 Å². The van der Waals surface area contributed by atoms with Gasteiger partial charge in [0.25, 0.3) is 0 Å². The van der Waals surface area contributed by atoms with E-state index in [0.717, 1.165) is 11.1 Å². The first kappa shape index (κ1) is 17.3. The van der Waals surface area contributed by atoms with Crippen LogP contribution in [0, 0.1) is 0 Å². The molecule has 2 rings (SSSR count). The third kappa shape index (κ3) is 5.27. The third-order valence-corrected chi connectivity index (χ3v) is 3.38. The van der Waals surface area contributed by atoms with Crippen LogP contribution in [0.4, 0.5) is 0 Å². The van der Waals surface area contributed by atoms with Gasteiger partial charge in [0.15, 0.2) is 0 Å². The number of carbonyl (C=O) groups excluding carboxylic acids is 1. The van der Waals surface area contributed by atoms with Crippen molar-refractivity contribution in [1.82, 2.24) is 0 Å². The van der Waals surface area contributed by atoms with Crippen LogP contribution < -0.4 is 0 Å². The Morgan fingerprint density at radius 3 is 1.87 bits per heavy atom. The molecular weight excluding hydrogens is 337 g/mol. The smallest absolute Gasteiger partial charge is 0.347 e. The zero-order valence-electron chi connectivity index (χ0n) is 12.5. The lowest BCUT2D eigenvalue weighted by Crippen LogP contribution is -2.12. The fraction of sp³-hybridized carbons (Fsp3) is 0.176. The molecule has 0 atom stereocenters. The van der Waals surface area contributed by atoms with Crippen LogP contribution in [0.25, 0.3) is 0 Å². The summed E-state index contributed by atoms with van der Waals surface area (Å²) in [5.74, 6) is -0.470. The Labute approximate surface area is 144 Å². The summed E-state index contributed by atoms with van der Waals surface area (Å²) in [7, 11) is 0. The van der Waals surface area contributed by atoms with Crippen LogP contribution >= 0.6 is 23.2 Å². The highest BCUT2D eigenvalue weighted by molar-refractivity contribution is 6.31. The van der Waals surface area contributed by atoms with Crippen molar-refractivity contribution in [3.63, 3.8) is 0 Å². The van der Waals surface area contributed by atoms with E-state index in [-0.39, 0.29) is 6.61 Å². The molecule has 0 aliphatic heterocycles. The maximum Gasteiger partial charge on any atom is 0.347 e. The molecule has 0 amide bonds. The lowest BCUT2D eigenvalue weighted by Gasteiger charge is -2.08. The van der Waals surface area contributed by atoms with E-state index in [1.54, 1.807) is 31.2 Å². The predicted octanol–water partition coefficient (Wildman–Crippen LogP) is 4.33. The molecule has 2 aromatic carbocycles. The van der Waals surface area contributed by atoms with Gasteiger partial charge in [0.05, 0.1) is 6.61 Å². The molecule has 0 N–H and O–H groups in total. The van der Waals surface area contributed by atoms with Crippen molar-refractivity contribution in [2.75, 3.05) is 13.2 Å². The standard InChI is InChI=1S/C17H15Cl2NO3/c1-2-22-16(21)11-23-20-17(12-3-7-14(18)8-4-12)13-5-9-15(19)10-6-13/h3-10H,2,11H2,1H3. The van der Waals surface area contributed by atoms with E-state index in [4.69, 9.17) is 32.8 Å². The van der Waals surface area contributed by atoms with E-state index in [9.17, 15) is 4.79 Å². The van der Waals surface area contributed by atoms with E-state index in [0.29, 0.717) is 22.4 Å². The first-order valence-corrected chi connectivity index (χ1v) is 7.73. The van der Waals surface area contributed by atoms with Gasteiger partial charge in [0.2, 0.25) is 6.61 Å². The van der Waals surface area contributed by atoms with Crippen LogP contribution in [0.15, 0.2) is 53.7 Å². The number of hydrogen-bond acceptors (Lipinski definition) is 4. The van der Waals surface area contributed by atoms with Gasteiger partial charge in [-0.25, -0.2) is 4.79 Å². The van der Waals surface area contributed by atoms with Crippen molar-refractivity contribution in [2.45, 2.75) is 6.92 Å². The molecular formula is C17H15Cl2NO3. The van der Waals surface area contributed by atoms with E-state index >= 15 is 0 Å². The van der Waals surface area contributed by atoms with Crippen LogP contribution in [0.3, 0.4) is 0 Å². The molecule has 0 radical (unpaired) electrons. The van der Waals surface area contributed by atoms with Crippen molar-refractivity contribution in [2.24, 2.45) is 5.16 Å². The van der Waals surface area contributed by atoms with E-state index < -0.39 is 5.97 Å².